The molecule has 5 heteroatoms. The van der Waals surface area contributed by atoms with Crippen LogP contribution in [0.2, 0.25) is 0 Å². The molecule has 1 N–H and O–H groups in total. The summed E-state index contributed by atoms with van der Waals surface area (Å²) in [7, 11) is 1.82. The average Bonchev–Trinajstić information content (AvgIpc) is 2.80. The van der Waals surface area contributed by atoms with E-state index in [1.165, 1.54) is 6.07 Å². The second kappa shape index (κ2) is 5.93. The van der Waals surface area contributed by atoms with Crippen LogP contribution in [0.15, 0.2) is 24.4 Å². The highest BCUT2D eigenvalue weighted by atomic mass is 19.1. The summed E-state index contributed by atoms with van der Waals surface area (Å²) in [6.07, 6.45) is 2.66. The largest absolute Gasteiger partial charge is 0.305 e. The fourth-order valence-electron chi connectivity index (χ4n) is 2.11. The van der Waals surface area contributed by atoms with Crippen molar-refractivity contribution in [3.8, 4) is 0 Å². The Bertz CT molecular complexity index is 550. The van der Waals surface area contributed by atoms with Gasteiger partial charge >= 0.3 is 0 Å². The van der Waals surface area contributed by atoms with E-state index in [1.54, 1.807) is 16.9 Å². The normalized spacial score (nSPS) is 12.6. The Labute approximate surface area is 112 Å². The van der Waals surface area contributed by atoms with Crippen molar-refractivity contribution in [1.29, 1.82) is 0 Å². The second-order valence-corrected chi connectivity index (χ2v) is 4.69. The lowest BCUT2D eigenvalue weighted by Gasteiger charge is -2.19. The van der Waals surface area contributed by atoms with Gasteiger partial charge in [0.2, 0.25) is 0 Å². The maximum Gasteiger partial charge on any atom is 0.128 e. The van der Waals surface area contributed by atoms with Crippen LogP contribution in [0, 0.1) is 12.7 Å². The Kier molecular flexibility index (Phi) is 4.27. The highest BCUT2D eigenvalue weighted by Crippen LogP contribution is 2.24. The monoisotopic (exact) mass is 262 g/mol. The topological polar surface area (TPSA) is 42.7 Å². The molecule has 1 aromatic heterocycles. The van der Waals surface area contributed by atoms with E-state index in [0.717, 1.165) is 24.2 Å². The molecule has 0 saturated heterocycles. The number of aryl methyl sites for hydroxylation is 2. The van der Waals surface area contributed by atoms with Crippen molar-refractivity contribution >= 4 is 0 Å². The van der Waals surface area contributed by atoms with Crippen LogP contribution in [0.1, 0.15) is 36.2 Å². The Balaban J connectivity index is 2.42. The van der Waals surface area contributed by atoms with Crippen LogP contribution < -0.4 is 5.32 Å². The molecule has 2 aromatic rings. The van der Waals surface area contributed by atoms with Gasteiger partial charge in [-0.2, -0.15) is 0 Å². The maximum atomic E-state index is 14.1. The van der Waals surface area contributed by atoms with Crippen LogP contribution in [0.4, 0.5) is 4.39 Å². The molecule has 0 radical (unpaired) electrons. The van der Waals surface area contributed by atoms with Gasteiger partial charge in [-0.05, 0) is 26.0 Å². The first kappa shape index (κ1) is 13.7. The molecule has 19 heavy (non-hydrogen) atoms. The summed E-state index contributed by atoms with van der Waals surface area (Å²) in [6, 6.07) is 4.93. The number of nitrogens with one attached hydrogen (secondary N) is 1. The summed E-state index contributed by atoms with van der Waals surface area (Å²) in [5, 5.41) is 11.2. The molecule has 0 aliphatic heterocycles. The summed E-state index contributed by atoms with van der Waals surface area (Å²) >= 11 is 0. The molecule has 0 aliphatic carbocycles. The highest BCUT2D eigenvalue weighted by Gasteiger charge is 2.20. The number of rotatable bonds is 5. The Morgan fingerprint density at radius 1 is 1.42 bits per heavy atom. The number of benzene rings is 1. The van der Waals surface area contributed by atoms with Crippen LogP contribution in [0.3, 0.4) is 0 Å². The minimum atomic E-state index is -0.222. The molecule has 1 heterocycles. The van der Waals surface area contributed by atoms with Gasteiger partial charge in [0.05, 0.1) is 17.9 Å². The van der Waals surface area contributed by atoms with Crippen molar-refractivity contribution in [3.05, 3.63) is 47.0 Å². The number of aromatic nitrogens is 3. The third-order valence-electron chi connectivity index (χ3n) is 3.11. The number of nitrogens with zero attached hydrogens (tertiary/aromatic N) is 3. The predicted octanol–water partition coefficient (Wildman–Crippen LogP) is 2.35. The lowest BCUT2D eigenvalue weighted by atomic mass is 10.0. The van der Waals surface area contributed by atoms with E-state index >= 15 is 0 Å². The lowest BCUT2D eigenvalue weighted by molar-refractivity contribution is 0.518. The molecule has 1 aromatic carbocycles. The van der Waals surface area contributed by atoms with E-state index in [0.29, 0.717) is 5.56 Å². The quantitative estimate of drug-likeness (QED) is 0.899. The van der Waals surface area contributed by atoms with Crippen LogP contribution in [0.25, 0.3) is 0 Å². The first-order valence-corrected chi connectivity index (χ1v) is 6.47. The van der Waals surface area contributed by atoms with E-state index < -0.39 is 0 Å². The van der Waals surface area contributed by atoms with Crippen molar-refractivity contribution < 1.29 is 4.39 Å². The van der Waals surface area contributed by atoms with E-state index in [2.05, 4.69) is 22.6 Å². The van der Waals surface area contributed by atoms with Gasteiger partial charge in [0.1, 0.15) is 5.82 Å². The highest BCUT2D eigenvalue weighted by molar-refractivity contribution is 5.31. The van der Waals surface area contributed by atoms with Gasteiger partial charge in [-0.25, -0.2) is 4.39 Å². The van der Waals surface area contributed by atoms with Crippen LogP contribution in [-0.2, 0) is 7.05 Å². The summed E-state index contributed by atoms with van der Waals surface area (Å²) < 4.78 is 15.8. The van der Waals surface area contributed by atoms with E-state index in [1.807, 2.05) is 20.0 Å². The molecule has 0 aliphatic rings. The number of hydrogen-bond donors (Lipinski definition) is 1. The fourth-order valence-corrected chi connectivity index (χ4v) is 2.11. The average molecular weight is 262 g/mol. The van der Waals surface area contributed by atoms with E-state index in [9.17, 15) is 4.39 Å². The summed E-state index contributed by atoms with van der Waals surface area (Å²) in [6.45, 7) is 4.85. The van der Waals surface area contributed by atoms with Crippen molar-refractivity contribution in [2.75, 3.05) is 6.54 Å². The molecule has 0 spiro atoms. The van der Waals surface area contributed by atoms with E-state index in [-0.39, 0.29) is 11.9 Å². The van der Waals surface area contributed by atoms with Gasteiger partial charge in [0.25, 0.3) is 0 Å². The third-order valence-corrected chi connectivity index (χ3v) is 3.11. The van der Waals surface area contributed by atoms with Gasteiger partial charge in [-0.3, -0.25) is 4.68 Å². The first-order valence-electron chi connectivity index (χ1n) is 6.47. The number of hydrogen-bond acceptors (Lipinski definition) is 3. The smallest absolute Gasteiger partial charge is 0.128 e. The number of halogens is 1. The van der Waals surface area contributed by atoms with Crippen molar-refractivity contribution in [1.82, 2.24) is 20.3 Å². The zero-order valence-electron chi connectivity index (χ0n) is 11.5. The fraction of sp³-hybridized carbons (Fsp3) is 0.429. The molecule has 0 saturated carbocycles. The van der Waals surface area contributed by atoms with Gasteiger partial charge in [-0.1, -0.05) is 29.8 Å². The zero-order valence-corrected chi connectivity index (χ0v) is 11.5. The van der Waals surface area contributed by atoms with Crippen molar-refractivity contribution in [2.24, 2.45) is 7.05 Å². The molecule has 102 valence electrons. The Morgan fingerprint density at radius 3 is 2.84 bits per heavy atom. The summed E-state index contributed by atoms with van der Waals surface area (Å²) in [4.78, 5) is 0. The lowest BCUT2D eigenvalue weighted by Crippen LogP contribution is -2.26. The first-order chi connectivity index (χ1) is 9.13. The molecule has 4 nitrogen and oxygen atoms in total. The molecule has 1 atom stereocenters. The summed E-state index contributed by atoms with van der Waals surface area (Å²) in [5.74, 6) is -0.208. The zero-order chi connectivity index (χ0) is 13.8. The van der Waals surface area contributed by atoms with Crippen LogP contribution in [-0.4, -0.2) is 21.5 Å². The molecule has 2 rings (SSSR count). The summed E-state index contributed by atoms with van der Waals surface area (Å²) in [5.41, 5.74) is 2.53. The maximum absolute atomic E-state index is 14.1. The second-order valence-electron chi connectivity index (χ2n) is 4.69. The van der Waals surface area contributed by atoms with Crippen molar-refractivity contribution in [2.45, 2.75) is 26.3 Å². The molecule has 0 fully saturated rings. The predicted molar refractivity (Wildman–Crippen MR) is 72.3 cm³/mol. The molecule has 1 unspecified atom stereocenters. The Morgan fingerprint density at radius 2 is 2.21 bits per heavy atom. The van der Waals surface area contributed by atoms with Gasteiger partial charge in [-0.15, -0.1) is 5.10 Å². The molecular formula is C14H19FN4. The SMILES string of the molecule is CCCNC(c1cc(C)ccc1F)c1cnnn1C. The van der Waals surface area contributed by atoms with Crippen molar-refractivity contribution in [3.63, 3.8) is 0 Å². The minimum Gasteiger partial charge on any atom is -0.305 e. The molecule has 0 bridgehead atoms. The molecular weight excluding hydrogens is 243 g/mol. The minimum absolute atomic E-state index is 0.208. The molecule has 0 amide bonds. The van der Waals surface area contributed by atoms with Gasteiger partial charge in [0.15, 0.2) is 0 Å². The van der Waals surface area contributed by atoms with Crippen LogP contribution >= 0.6 is 0 Å². The third kappa shape index (κ3) is 2.98. The standard InChI is InChI=1S/C14H19FN4/c1-4-7-16-14(13-9-17-18-19(13)3)11-8-10(2)5-6-12(11)15/h5-6,8-9,14,16H,4,7H2,1-3H3. The Hall–Kier alpha value is -1.75. The van der Waals surface area contributed by atoms with Crippen LogP contribution in [0.5, 0.6) is 0 Å². The van der Waals surface area contributed by atoms with E-state index in [4.69, 9.17) is 0 Å². The van der Waals surface area contributed by atoms with Gasteiger partial charge in [0, 0.05) is 12.6 Å². The van der Waals surface area contributed by atoms with Gasteiger partial charge < -0.3 is 5.32 Å².